The molecule has 22 heavy (non-hydrogen) atoms. The molecule has 2 rings (SSSR count). The average Bonchev–Trinajstić information content (AvgIpc) is 2.48. The zero-order valence-corrected chi connectivity index (χ0v) is 12.8. The lowest BCUT2D eigenvalue weighted by Gasteiger charge is -2.08. The number of carboxylic acids is 1. The van der Waals surface area contributed by atoms with Crippen LogP contribution in [0.4, 0.5) is 5.69 Å². The van der Waals surface area contributed by atoms with Gasteiger partial charge in [0.15, 0.2) is 0 Å². The maximum absolute atomic E-state index is 12.2. The van der Waals surface area contributed by atoms with Crippen LogP contribution in [0.2, 0.25) is 5.02 Å². The lowest BCUT2D eigenvalue weighted by molar-refractivity contribution is -0.131. The molecule has 5 nitrogen and oxygen atoms in total. The van der Waals surface area contributed by atoms with E-state index in [0.717, 1.165) is 6.08 Å². The largest absolute Gasteiger partial charge is 0.478 e. The summed E-state index contributed by atoms with van der Waals surface area (Å²) in [6.45, 7) is 0. The molecular formula is C15H12ClNO4S. The fourth-order valence-corrected chi connectivity index (χ4v) is 2.84. The number of sulfonamides is 1. The van der Waals surface area contributed by atoms with E-state index in [1.54, 1.807) is 24.3 Å². The van der Waals surface area contributed by atoms with Gasteiger partial charge in [0.2, 0.25) is 0 Å². The molecule has 0 unspecified atom stereocenters. The second kappa shape index (κ2) is 6.64. The van der Waals surface area contributed by atoms with Crippen LogP contribution < -0.4 is 4.72 Å². The summed E-state index contributed by atoms with van der Waals surface area (Å²) in [5.74, 6) is -1.07. The van der Waals surface area contributed by atoms with Gasteiger partial charge in [-0.3, -0.25) is 4.72 Å². The highest BCUT2D eigenvalue weighted by Crippen LogP contribution is 2.19. The quantitative estimate of drug-likeness (QED) is 0.820. The molecule has 0 bridgehead atoms. The Labute approximate surface area is 132 Å². The molecule has 0 saturated carbocycles. The number of hydrogen-bond donors (Lipinski definition) is 2. The maximum Gasteiger partial charge on any atom is 0.328 e. The van der Waals surface area contributed by atoms with Crippen molar-refractivity contribution in [2.75, 3.05) is 4.72 Å². The third-order valence-electron chi connectivity index (χ3n) is 2.71. The van der Waals surface area contributed by atoms with Crippen LogP contribution in [-0.2, 0) is 14.8 Å². The molecule has 2 N–H and O–H groups in total. The molecule has 0 atom stereocenters. The maximum atomic E-state index is 12.2. The van der Waals surface area contributed by atoms with Crippen LogP contribution in [-0.4, -0.2) is 19.5 Å². The minimum absolute atomic E-state index is 0.0786. The Hall–Kier alpha value is -2.31. The van der Waals surface area contributed by atoms with E-state index < -0.39 is 16.0 Å². The zero-order valence-electron chi connectivity index (χ0n) is 11.2. The summed E-state index contributed by atoms with van der Waals surface area (Å²) in [7, 11) is -3.71. The zero-order chi connectivity index (χ0) is 16.2. The molecule has 0 aromatic heterocycles. The van der Waals surface area contributed by atoms with Gasteiger partial charge in [-0.2, -0.15) is 0 Å². The molecule has 7 heteroatoms. The number of benzene rings is 2. The van der Waals surface area contributed by atoms with E-state index in [0.29, 0.717) is 16.3 Å². The van der Waals surface area contributed by atoms with E-state index in [1.807, 2.05) is 0 Å². The number of nitrogens with one attached hydrogen (secondary N) is 1. The van der Waals surface area contributed by atoms with E-state index in [4.69, 9.17) is 16.7 Å². The van der Waals surface area contributed by atoms with E-state index >= 15 is 0 Å². The Morgan fingerprint density at radius 1 is 1.05 bits per heavy atom. The van der Waals surface area contributed by atoms with Crippen LogP contribution in [0, 0.1) is 0 Å². The highest BCUT2D eigenvalue weighted by atomic mass is 35.5. The number of carbonyl (C=O) groups is 1. The molecule has 0 aliphatic rings. The molecule has 0 saturated heterocycles. The van der Waals surface area contributed by atoms with Gasteiger partial charge in [0.05, 0.1) is 4.90 Å². The van der Waals surface area contributed by atoms with E-state index in [2.05, 4.69) is 4.72 Å². The Bertz CT molecular complexity index is 796. The molecule has 2 aromatic rings. The van der Waals surface area contributed by atoms with Crippen LogP contribution >= 0.6 is 11.6 Å². The SMILES string of the molecule is O=C(O)C=Cc1ccc(S(=O)(=O)Nc2ccc(Cl)cc2)cc1. The fourth-order valence-electron chi connectivity index (χ4n) is 1.66. The lowest BCUT2D eigenvalue weighted by atomic mass is 10.2. The smallest absolute Gasteiger partial charge is 0.328 e. The molecule has 0 spiro atoms. The monoisotopic (exact) mass is 337 g/mol. The van der Waals surface area contributed by atoms with Gasteiger partial charge in [-0.15, -0.1) is 0 Å². The first-order valence-electron chi connectivity index (χ1n) is 6.16. The second-order valence-electron chi connectivity index (χ2n) is 4.35. The predicted octanol–water partition coefficient (Wildman–Crippen LogP) is 3.24. The fraction of sp³-hybridized carbons (Fsp3) is 0. The van der Waals surface area contributed by atoms with Crippen molar-refractivity contribution in [1.82, 2.24) is 0 Å². The van der Waals surface area contributed by atoms with Gasteiger partial charge in [0.1, 0.15) is 0 Å². The predicted molar refractivity (Wildman–Crippen MR) is 85.4 cm³/mol. The van der Waals surface area contributed by atoms with Gasteiger partial charge in [-0.05, 0) is 48.0 Å². The summed E-state index contributed by atoms with van der Waals surface area (Å²) in [6, 6.07) is 12.1. The van der Waals surface area contributed by atoms with Crippen molar-refractivity contribution in [2.24, 2.45) is 0 Å². The van der Waals surface area contributed by atoms with Crippen molar-refractivity contribution in [1.29, 1.82) is 0 Å². The molecule has 0 fully saturated rings. The third kappa shape index (κ3) is 4.34. The van der Waals surface area contributed by atoms with Crippen molar-refractivity contribution in [3.8, 4) is 0 Å². The Balaban J connectivity index is 2.19. The summed E-state index contributed by atoms with van der Waals surface area (Å²) in [5, 5.41) is 9.05. The Kier molecular flexibility index (Phi) is 4.85. The van der Waals surface area contributed by atoms with Crippen molar-refractivity contribution >= 4 is 39.4 Å². The normalized spacial score (nSPS) is 11.5. The molecule has 0 radical (unpaired) electrons. The number of anilines is 1. The van der Waals surface area contributed by atoms with Gasteiger partial charge in [0, 0.05) is 16.8 Å². The number of hydrogen-bond acceptors (Lipinski definition) is 3. The van der Waals surface area contributed by atoms with E-state index in [9.17, 15) is 13.2 Å². The molecule has 0 heterocycles. The van der Waals surface area contributed by atoms with Gasteiger partial charge in [-0.25, -0.2) is 13.2 Å². The second-order valence-corrected chi connectivity index (χ2v) is 6.47. The Morgan fingerprint density at radius 2 is 1.64 bits per heavy atom. The highest BCUT2D eigenvalue weighted by Gasteiger charge is 2.13. The number of aliphatic carboxylic acids is 1. The summed E-state index contributed by atoms with van der Waals surface area (Å²) >= 11 is 5.74. The number of rotatable bonds is 5. The highest BCUT2D eigenvalue weighted by molar-refractivity contribution is 7.92. The van der Waals surface area contributed by atoms with Crippen LogP contribution in [0.3, 0.4) is 0 Å². The summed E-state index contributed by atoms with van der Waals surface area (Å²) in [6.07, 6.45) is 2.36. The molecule has 0 aliphatic heterocycles. The lowest BCUT2D eigenvalue weighted by Crippen LogP contribution is -2.12. The van der Waals surface area contributed by atoms with Crippen LogP contribution in [0.1, 0.15) is 5.56 Å². The summed E-state index contributed by atoms with van der Waals surface area (Å²) < 4.78 is 26.8. The minimum atomic E-state index is -3.71. The van der Waals surface area contributed by atoms with Gasteiger partial charge < -0.3 is 5.11 Å². The molecule has 2 aromatic carbocycles. The van der Waals surface area contributed by atoms with Crippen molar-refractivity contribution in [2.45, 2.75) is 4.90 Å². The number of carboxylic acid groups (broad SMARTS) is 1. The first kappa shape index (κ1) is 16.1. The molecule has 114 valence electrons. The summed E-state index contributed by atoms with van der Waals surface area (Å²) in [4.78, 5) is 10.5. The number of halogens is 1. The first-order valence-corrected chi connectivity index (χ1v) is 8.02. The van der Waals surface area contributed by atoms with E-state index in [1.165, 1.54) is 30.3 Å². The van der Waals surface area contributed by atoms with Crippen LogP contribution in [0.25, 0.3) is 6.08 Å². The molecular weight excluding hydrogens is 326 g/mol. The average molecular weight is 338 g/mol. The van der Waals surface area contributed by atoms with Crippen molar-refractivity contribution in [3.63, 3.8) is 0 Å². The first-order chi connectivity index (χ1) is 10.4. The topological polar surface area (TPSA) is 83.5 Å². The van der Waals surface area contributed by atoms with Crippen molar-refractivity contribution in [3.05, 3.63) is 65.2 Å². The van der Waals surface area contributed by atoms with Crippen LogP contribution in [0.5, 0.6) is 0 Å². The minimum Gasteiger partial charge on any atom is -0.478 e. The molecule has 0 amide bonds. The summed E-state index contributed by atoms with van der Waals surface area (Å²) in [5.41, 5.74) is 0.993. The third-order valence-corrected chi connectivity index (χ3v) is 4.35. The van der Waals surface area contributed by atoms with Gasteiger partial charge in [0.25, 0.3) is 10.0 Å². The standard InChI is InChI=1S/C15H12ClNO4S/c16-12-4-6-13(7-5-12)17-22(20,21)14-8-1-11(2-9-14)3-10-15(18)19/h1-10,17H,(H,18,19). The van der Waals surface area contributed by atoms with Gasteiger partial charge in [-0.1, -0.05) is 23.7 Å². The van der Waals surface area contributed by atoms with Crippen molar-refractivity contribution < 1.29 is 18.3 Å². The molecule has 0 aliphatic carbocycles. The van der Waals surface area contributed by atoms with Gasteiger partial charge >= 0.3 is 5.97 Å². The van der Waals surface area contributed by atoms with E-state index in [-0.39, 0.29) is 4.90 Å². The van der Waals surface area contributed by atoms with Crippen LogP contribution in [0.15, 0.2) is 59.5 Å². The Morgan fingerprint density at radius 3 is 2.18 bits per heavy atom.